The minimum atomic E-state index is -0.0792. The molecule has 0 N–H and O–H groups in total. The maximum Gasteiger partial charge on any atom is 0.247 e. The lowest BCUT2D eigenvalue weighted by Gasteiger charge is -2.26. The zero-order chi connectivity index (χ0) is 18.5. The predicted octanol–water partition coefficient (Wildman–Crippen LogP) is 4.45. The summed E-state index contributed by atoms with van der Waals surface area (Å²) < 4.78 is 16.4. The summed E-state index contributed by atoms with van der Waals surface area (Å²) in [4.78, 5) is 14.7. The van der Waals surface area contributed by atoms with Gasteiger partial charge in [-0.15, -0.1) is 0 Å². The Kier molecular flexibility index (Phi) is 5.66. The van der Waals surface area contributed by atoms with Crippen LogP contribution < -0.4 is 9.47 Å². The molecule has 1 fully saturated rings. The highest BCUT2D eigenvalue weighted by Gasteiger charge is 2.36. The Morgan fingerprint density at radius 3 is 2.77 bits per heavy atom. The van der Waals surface area contributed by atoms with E-state index in [2.05, 4.69) is 0 Å². The van der Waals surface area contributed by atoms with E-state index in [1.807, 2.05) is 55.2 Å². The Hall–Kier alpha value is -2.69. The molecule has 5 nitrogen and oxygen atoms in total. The van der Waals surface area contributed by atoms with Gasteiger partial charge in [-0.2, -0.15) is 0 Å². The SMILES string of the molecule is CCOc1ccc(/C=C/C(=O)N(C2CC2)C(C)c2ccco2)cc1OC. The molecular weight excluding hydrogens is 330 g/mol. The van der Waals surface area contributed by atoms with Gasteiger partial charge in [-0.3, -0.25) is 4.79 Å². The molecule has 0 aliphatic heterocycles. The van der Waals surface area contributed by atoms with E-state index in [0.29, 0.717) is 24.1 Å². The monoisotopic (exact) mass is 355 g/mol. The number of amides is 1. The van der Waals surface area contributed by atoms with Gasteiger partial charge >= 0.3 is 0 Å². The first kappa shape index (κ1) is 18.1. The summed E-state index contributed by atoms with van der Waals surface area (Å²) in [5.74, 6) is 2.15. The van der Waals surface area contributed by atoms with Crippen LogP contribution in [0.1, 0.15) is 44.1 Å². The van der Waals surface area contributed by atoms with E-state index in [0.717, 1.165) is 24.2 Å². The predicted molar refractivity (Wildman–Crippen MR) is 100 cm³/mol. The number of nitrogens with zero attached hydrogens (tertiary/aromatic N) is 1. The lowest BCUT2D eigenvalue weighted by molar-refractivity contribution is -0.129. The first-order valence-electron chi connectivity index (χ1n) is 8.98. The maximum absolute atomic E-state index is 12.8. The van der Waals surface area contributed by atoms with Gasteiger partial charge < -0.3 is 18.8 Å². The Labute approximate surface area is 154 Å². The normalized spacial score (nSPS) is 15.0. The molecule has 3 rings (SSSR count). The number of carbonyl (C=O) groups is 1. The van der Waals surface area contributed by atoms with E-state index in [9.17, 15) is 4.79 Å². The lowest BCUT2D eigenvalue weighted by atomic mass is 10.1. The van der Waals surface area contributed by atoms with E-state index in [-0.39, 0.29) is 11.9 Å². The van der Waals surface area contributed by atoms with Crippen LogP contribution in [0.15, 0.2) is 47.1 Å². The Bertz CT molecular complexity index is 762. The maximum atomic E-state index is 12.8. The van der Waals surface area contributed by atoms with Crippen LogP contribution in [-0.2, 0) is 4.79 Å². The molecular formula is C21H25NO4. The Morgan fingerprint density at radius 1 is 1.35 bits per heavy atom. The van der Waals surface area contributed by atoms with E-state index in [1.54, 1.807) is 19.4 Å². The molecule has 1 aromatic heterocycles. The van der Waals surface area contributed by atoms with Gasteiger partial charge in [0.25, 0.3) is 0 Å². The van der Waals surface area contributed by atoms with Gasteiger partial charge in [-0.05, 0) is 62.6 Å². The van der Waals surface area contributed by atoms with Crippen molar-refractivity contribution >= 4 is 12.0 Å². The zero-order valence-corrected chi connectivity index (χ0v) is 15.5. The molecule has 5 heteroatoms. The van der Waals surface area contributed by atoms with Crippen molar-refractivity contribution in [2.45, 2.75) is 38.8 Å². The summed E-state index contributed by atoms with van der Waals surface area (Å²) in [5, 5.41) is 0. The molecule has 26 heavy (non-hydrogen) atoms. The van der Waals surface area contributed by atoms with Gasteiger partial charge in [0.2, 0.25) is 5.91 Å². The second kappa shape index (κ2) is 8.13. The Balaban J connectivity index is 1.75. The third kappa shape index (κ3) is 4.10. The van der Waals surface area contributed by atoms with Crippen molar-refractivity contribution in [2.75, 3.05) is 13.7 Å². The van der Waals surface area contributed by atoms with Crippen LogP contribution in [0.3, 0.4) is 0 Å². The fourth-order valence-electron chi connectivity index (χ4n) is 3.02. The second-order valence-electron chi connectivity index (χ2n) is 6.34. The zero-order valence-electron chi connectivity index (χ0n) is 15.5. The van der Waals surface area contributed by atoms with E-state index < -0.39 is 0 Å². The third-order valence-electron chi connectivity index (χ3n) is 4.47. The number of rotatable bonds is 8. The van der Waals surface area contributed by atoms with Crippen molar-refractivity contribution in [1.82, 2.24) is 4.90 Å². The van der Waals surface area contributed by atoms with Gasteiger partial charge in [0.15, 0.2) is 11.5 Å². The fourth-order valence-corrected chi connectivity index (χ4v) is 3.02. The summed E-state index contributed by atoms with van der Waals surface area (Å²) in [6.07, 6.45) is 7.16. The molecule has 0 radical (unpaired) electrons. The summed E-state index contributed by atoms with van der Waals surface area (Å²) in [6, 6.07) is 9.61. The van der Waals surface area contributed by atoms with E-state index in [1.165, 1.54) is 0 Å². The molecule has 1 aliphatic rings. The first-order chi connectivity index (χ1) is 12.6. The highest BCUT2D eigenvalue weighted by atomic mass is 16.5. The van der Waals surface area contributed by atoms with Crippen molar-refractivity contribution in [1.29, 1.82) is 0 Å². The van der Waals surface area contributed by atoms with Gasteiger partial charge in [0.1, 0.15) is 5.76 Å². The number of hydrogen-bond acceptors (Lipinski definition) is 4. The first-order valence-corrected chi connectivity index (χ1v) is 8.98. The van der Waals surface area contributed by atoms with Gasteiger partial charge in [-0.1, -0.05) is 6.07 Å². The molecule has 1 saturated carbocycles. The van der Waals surface area contributed by atoms with Crippen LogP contribution >= 0.6 is 0 Å². The van der Waals surface area contributed by atoms with Gasteiger partial charge in [0.05, 0.1) is 26.0 Å². The van der Waals surface area contributed by atoms with Crippen molar-refractivity contribution in [3.8, 4) is 11.5 Å². The average molecular weight is 355 g/mol. The highest BCUT2D eigenvalue weighted by Crippen LogP contribution is 2.35. The summed E-state index contributed by atoms with van der Waals surface area (Å²) in [7, 11) is 1.61. The van der Waals surface area contributed by atoms with E-state index in [4.69, 9.17) is 13.9 Å². The molecule has 1 amide bonds. The van der Waals surface area contributed by atoms with Crippen LogP contribution in [0.25, 0.3) is 6.08 Å². The summed E-state index contributed by atoms with van der Waals surface area (Å²) in [5.41, 5.74) is 0.889. The quantitative estimate of drug-likeness (QED) is 0.656. The number of ether oxygens (including phenoxy) is 2. The number of carbonyl (C=O) groups excluding carboxylic acids is 1. The van der Waals surface area contributed by atoms with Crippen LogP contribution in [0.2, 0.25) is 0 Å². The van der Waals surface area contributed by atoms with Crippen molar-refractivity contribution in [3.05, 3.63) is 54.0 Å². The lowest BCUT2D eigenvalue weighted by Crippen LogP contribution is -2.34. The molecule has 1 unspecified atom stereocenters. The van der Waals surface area contributed by atoms with Crippen LogP contribution in [0.5, 0.6) is 11.5 Å². The van der Waals surface area contributed by atoms with Gasteiger partial charge in [0, 0.05) is 12.1 Å². The molecule has 1 aliphatic carbocycles. The number of furan rings is 1. The molecule has 0 spiro atoms. The smallest absolute Gasteiger partial charge is 0.247 e. The number of methoxy groups -OCH3 is 1. The molecule has 1 atom stereocenters. The number of hydrogen-bond donors (Lipinski definition) is 0. The third-order valence-corrected chi connectivity index (χ3v) is 4.47. The van der Waals surface area contributed by atoms with Gasteiger partial charge in [-0.25, -0.2) is 0 Å². The summed E-state index contributed by atoms with van der Waals surface area (Å²) >= 11 is 0. The molecule has 0 bridgehead atoms. The molecule has 1 aromatic carbocycles. The minimum Gasteiger partial charge on any atom is -0.493 e. The molecule has 2 aromatic rings. The van der Waals surface area contributed by atoms with Crippen LogP contribution in [0, 0.1) is 0 Å². The fraction of sp³-hybridized carbons (Fsp3) is 0.381. The minimum absolute atomic E-state index is 0.00995. The molecule has 1 heterocycles. The van der Waals surface area contributed by atoms with Crippen LogP contribution in [0.4, 0.5) is 0 Å². The largest absolute Gasteiger partial charge is 0.493 e. The second-order valence-corrected chi connectivity index (χ2v) is 6.34. The van der Waals surface area contributed by atoms with E-state index >= 15 is 0 Å². The molecule has 0 saturated heterocycles. The van der Waals surface area contributed by atoms with Crippen molar-refractivity contribution in [2.24, 2.45) is 0 Å². The van der Waals surface area contributed by atoms with Crippen LogP contribution in [-0.4, -0.2) is 30.6 Å². The average Bonchev–Trinajstić information content (AvgIpc) is 3.32. The summed E-state index contributed by atoms with van der Waals surface area (Å²) in [6.45, 7) is 4.51. The topological polar surface area (TPSA) is 51.9 Å². The standard InChI is InChI=1S/C21H25NO4/c1-4-25-19-11-7-16(14-20(19)24-3)8-12-21(23)22(17-9-10-17)15(2)18-6-5-13-26-18/h5-8,11-15,17H,4,9-10H2,1-3H3/b12-8+. The number of benzene rings is 1. The Morgan fingerprint density at radius 2 is 2.15 bits per heavy atom. The van der Waals surface area contributed by atoms with Crippen molar-refractivity contribution in [3.63, 3.8) is 0 Å². The van der Waals surface area contributed by atoms with Crippen molar-refractivity contribution < 1.29 is 18.7 Å². The highest BCUT2D eigenvalue weighted by molar-refractivity contribution is 5.92. The molecule has 138 valence electrons.